The van der Waals surface area contributed by atoms with E-state index >= 15 is 0 Å². The summed E-state index contributed by atoms with van der Waals surface area (Å²) >= 11 is 3.54. The molecular weight excluding hydrogens is 330 g/mol. The van der Waals surface area contributed by atoms with Crippen molar-refractivity contribution >= 4 is 15.9 Å². The Kier molecular flexibility index (Phi) is 5.65. The maximum absolute atomic E-state index is 5.54. The Labute approximate surface area is 134 Å². The van der Waals surface area contributed by atoms with Gasteiger partial charge in [0.2, 0.25) is 0 Å². The molecule has 0 bridgehead atoms. The zero-order valence-electron chi connectivity index (χ0n) is 12.5. The van der Waals surface area contributed by atoms with E-state index in [9.17, 15) is 0 Å². The molecule has 1 N–H and O–H groups in total. The standard InChI is InChI=1S/C17H20BrNO2/c1-4-19-17(12-7-5-8-13(18)11-12)16-14(20-2)9-6-10-15(16)21-3/h5-11,17,19H,4H2,1-3H3. The first kappa shape index (κ1) is 15.9. The molecule has 0 aliphatic heterocycles. The Balaban J connectivity index is 2.57. The number of rotatable bonds is 6. The molecule has 2 rings (SSSR count). The Bertz CT molecular complexity index is 579. The Morgan fingerprint density at radius 2 is 1.67 bits per heavy atom. The van der Waals surface area contributed by atoms with Gasteiger partial charge < -0.3 is 14.8 Å². The normalized spacial score (nSPS) is 12.0. The first-order chi connectivity index (χ1) is 10.2. The molecule has 112 valence electrons. The van der Waals surface area contributed by atoms with Crippen LogP contribution < -0.4 is 14.8 Å². The van der Waals surface area contributed by atoms with Crippen molar-refractivity contribution in [3.05, 3.63) is 58.1 Å². The minimum Gasteiger partial charge on any atom is -0.496 e. The third-order valence-electron chi connectivity index (χ3n) is 3.34. The van der Waals surface area contributed by atoms with E-state index in [1.807, 2.05) is 30.3 Å². The lowest BCUT2D eigenvalue weighted by Crippen LogP contribution is -2.23. The summed E-state index contributed by atoms with van der Waals surface area (Å²) < 4.78 is 12.1. The van der Waals surface area contributed by atoms with Crippen molar-refractivity contribution < 1.29 is 9.47 Å². The second-order valence-corrected chi connectivity index (χ2v) is 5.54. The quantitative estimate of drug-likeness (QED) is 0.848. The lowest BCUT2D eigenvalue weighted by molar-refractivity contribution is 0.377. The van der Waals surface area contributed by atoms with E-state index in [0.717, 1.165) is 33.6 Å². The van der Waals surface area contributed by atoms with Crippen molar-refractivity contribution in [2.75, 3.05) is 20.8 Å². The zero-order valence-corrected chi connectivity index (χ0v) is 14.1. The van der Waals surface area contributed by atoms with Gasteiger partial charge >= 0.3 is 0 Å². The van der Waals surface area contributed by atoms with Crippen LogP contribution >= 0.6 is 15.9 Å². The van der Waals surface area contributed by atoms with Crippen LogP contribution in [0.5, 0.6) is 11.5 Å². The number of methoxy groups -OCH3 is 2. The largest absolute Gasteiger partial charge is 0.496 e. The van der Waals surface area contributed by atoms with Gasteiger partial charge in [0.05, 0.1) is 25.8 Å². The average Bonchev–Trinajstić information content (AvgIpc) is 2.52. The van der Waals surface area contributed by atoms with Gasteiger partial charge in [-0.1, -0.05) is 41.1 Å². The number of ether oxygens (including phenoxy) is 2. The van der Waals surface area contributed by atoms with Crippen LogP contribution in [0.4, 0.5) is 0 Å². The van der Waals surface area contributed by atoms with Gasteiger partial charge in [0.25, 0.3) is 0 Å². The highest BCUT2D eigenvalue weighted by Crippen LogP contribution is 2.37. The van der Waals surface area contributed by atoms with Crippen LogP contribution in [0.15, 0.2) is 46.9 Å². The molecule has 2 aromatic rings. The fourth-order valence-corrected chi connectivity index (χ4v) is 2.86. The highest BCUT2D eigenvalue weighted by Gasteiger charge is 2.22. The number of hydrogen-bond donors (Lipinski definition) is 1. The van der Waals surface area contributed by atoms with Crippen molar-refractivity contribution in [3.63, 3.8) is 0 Å². The average molecular weight is 350 g/mol. The number of hydrogen-bond acceptors (Lipinski definition) is 3. The molecule has 0 saturated carbocycles. The van der Waals surface area contributed by atoms with E-state index in [1.165, 1.54) is 0 Å². The molecule has 4 heteroatoms. The van der Waals surface area contributed by atoms with Gasteiger partial charge in [-0.3, -0.25) is 0 Å². The summed E-state index contributed by atoms with van der Waals surface area (Å²) in [6, 6.07) is 14.1. The predicted octanol–water partition coefficient (Wildman–Crippen LogP) is 4.17. The smallest absolute Gasteiger partial charge is 0.127 e. The SMILES string of the molecule is CCNC(c1cccc(Br)c1)c1c(OC)cccc1OC. The van der Waals surface area contributed by atoms with Crippen LogP contribution in [0, 0.1) is 0 Å². The van der Waals surface area contributed by atoms with Gasteiger partial charge in [0.15, 0.2) is 0 Å². The van der Waals surface area contributed by atoms with Crippen LogP contribution in [-0.4, -0.2) is 20.8 Å². The molecule has 0 radical (unpaired) electrons. The minimum atomic E-state index is 0.0126. The number of nitrogens with one attached hydrogen (secondary N) is 1. The third-order valence-corrected chi connectivity index (χ3v) is 3.84. The fourth-order valence-electron chi connectivity index (χ4n) is 2.44. The second kappa shape index (κ2) is 7.48. The molecule has 0 aromatic heterocycles. The molecule has 0 spiro atoms. The molecule has 0 fully saturated rings. The monoisotopic (exact) mass is 349 g/mol. The van der Waals surface area contributed by atoms with E-state index in [0.29, 0.717) is 0 Å². The van der Waals surface area contributed by atoms with Gasteiger partial charge in [0, 0.05) is 4.47 Å². The van der Waals surface area contributed by atoms with E-state index in [-0.39, 0.29) is 6.04 Å². The maximum atomic E-state index is 5.54. The summed E-state index contributed by atoms with van der Waals surface area (Å²) in [6.45, 7) is 2.94. The molecule has 0 aliphatic rings. The molecule has 1 unspecified atom stereocenters. The van der Waals surface area contributed by atoms with Gasteiger partial charge in [-0.15, -0.1) is 0 Å². The molecule has 0 aliphatic carbocycles. The Morgan fingerprint density at radius 1 is 1.05 bits per heavy atom. The van der Waals surface area contributed by atoms with Crippen LogP contribution in [0.3, 0.4) is 0 Å². The van der Waals surface area contributed by atoms with Gasteiger partial charge in [-0.2, -0.15) is 0 Å². The highest BCUT2D eigenvalue weighted by molar-refractivity contribution is 9.10. The number of benzene rings is 2. The molecule has 0 amide bonds. The van der Waals surface area contributed by atoms with E-state index < -0.39 is 0 Å². The van der Waals surface area contributed by atoms with Crippen LogP contribution in [-0.2, 0) is 0 Å². The topological polar surface area (TPSA) is 30.5 Å². The first-order valence-corrected chi connectivity index (χ1v) is 7.70. The summed E-state index contributed by atoms with van der Waals surface area (Å²) in [5, 5.41) is 3.51. The molecule has 1 atom stereocenters. The minimum absolute atomic E-state index is 0.0126. The van der Waals surface area contributed by atoms with Gasteiger partial charge in [0.1, 0.15) is 11.5 Å². The van der Waals surface area contributed by atoms with Crippen molar-refractivity contribution in [3.8, 4) is 11.5 Å². The summed E-state index contributed by atoms with van der Waals surface area (Å²) in [5.41, 5.74) is 2.18. The van der Waals surface area contributed by atoms with Crippen molar-refractivity contribution in [2.45, 2.75) is 13.0 Å². The van der Waals surface area contributed by atoms with Crippen LogP contribution in [0.1, 0.15) is 24.1 Å². The molecule has 0 saturated heterocycles. The molecule has 3 nitrogen and oxygen atoms in total. The van der Waals surface area contributed by atoms with E-state index in [4.69, 9.17) is 9.47 Å². The lowest BCUT2D eigenvalue weighted by atomic mass is 9.96. The fraction of sp³-hybridized carbons (Fsp3) is 0.294. The maximum Gasteiger partial charge on any atom is 0.127 e. The molecule has 0 heterocycles. The Hall–Kier alpha value is -1.52. The van der Waals surface area contributed by atoms with Crippen molar-refractivity contribution in [1.82, 2.24) is 5.32 Å². The van der Waals surface area contributed by atoms with E-state index in [2.05, 4.69) is 40.3 Å². The third kappa shape index (κ3) is 3.57. The zero-order chi connectivity index (χ0) is 15.2. The van der Waals surface area contributed by atoms with Crippen molar-refractivity contribution in [2.24, 2.45) is 0 Å². The summed E-state index contributed by atoms with van der Waals surface area (Å²) in [7, 11) is 3.37. The molecular formula is C17H20BrNO2. The first-order valence-electron chi connectivity index (χ1n) is 6.91. The molecule has 2 aromatic carbocycles. The van der Waals surface area contributed by atoms with E-state index in [1.54, 1.807) is 14.2 Å². The van der Waals surface area contributed by atoms with Crippen molar-refractivity contribution in [1.29, 1.82) is 0 Å². The Morgan fingerprint density at radius 3 is 2.19 bits per heavy atom. The van der Waals surface area contributed by atoms with Crippen LogP contribution in [0.2, 0.25) is 0 Å². The van der Waals surface area contributed by atoms with Gasteiger partial charge in [-0.25, -0.2) is 0 Å². The second-order valence-electron chi connectivity index (χ2n) is 4.62. The number of halogens is 1. The summed E-state index contributed by atoms with van der Waals surface area (Å²) in [5.74, 6) is 1.64. The summed E-state index contributed by atoms with van der Waals surface area (Å²) in [6.07, 6.45) is 0. The predicted molar refractivity (Wildman–Crippen MR) is 89.2 cm³/mol. The lowest BCUT2D eigenvalue weighted by Gasteiger charge is -2.23. The summed E-state index contributed by atoms with van der Waals surface area (Å²) in [4.78, 5) is 0. The van der Waals surface area contributed by atoms with Gasteiger partial charge in [-0.05, 0) is 36.4 Å². The van der Waals surface area contributed by atoms with Crippen LogP contribution in [0.25, 0.3) is 0 Å². The highest BCUT2D eigenvalue weighted by atomic mass is 79.9. The molecule has 21 heavy (non-hydrogen) atoms.